The van der Waals surface area contributed by atoms with E-state index < -0.39 is 0 Å². The van der Waals surface area contributed by atoms with E-state index in [0.717, 1.165) is 51.6 Å². The predicted octanol–water partition coefficient (Wildman–Crippen LogP) is 2.74. The van der Waals surface area contributed by atoms with Crippen molar-refractivity contribution >= 4 is 5.97 Å². The Hall–Kier alpha value is -0.610. The van der Waals surface area contributed by atoms with Crippen molar-refractivity contribution in [3.05, 3.63) is 0 Å². The molecule has 4 heteroatoms. The fourth-order valence-corrected chi connectivity index (χ4v) is 5.55. The van der Waals surface area contributed by atoms with Gasteiger partial charge < -0.3 is 15.2 Å². The molecule has 23 heavy (non-hydrogen) atoms. The molecule has 4 nitrogen and oxygen atoms in total. The smallest absolute Gasteiger partial charge is 0.310 e. The van der Waals surface area contributed by atoms with Crippen molar-refractivity contribution in [3.8, 4) is 0 Å². The maximum absolute atomic E-state index is 12.4. The van der Waals surface area contributed by atoms with Crippen LogP contribution in [0.1, 0.15) is 59.3 Å². The molecule has 0 aromatic heterocycles. The summed E-state index contributed by atoms with van der Waals surface area (Å²) in [4.78, 5) is 12.4. The Labute approximate surface area is 140 Å². The van der Waals surface area contributed by atoms with Crippen LogP contribution in [0.25, 0.3) is 0 Å². The van der Waals surface area contributed by atoms with Gasteiger partial charge in [-0.1, -0.05) is 27.2 Å². The van der Waals surface area contributed by atoms with E-state index in [2.05, 4.69) is 26.1 Å². The molecule has 1 heterocycles. The molecule has 3 rings (SSSR count). The van der Waals surface area contributed by atoms with Gasteiger partial charge in [0.25, 0.3) is 0 Å². The minimum absolute atomic E-state index is 0.0225. The first-order valence-electron chi connectivity index (χ1n) is 9.56. The normalized spacial score (nSPS) is 46.2. The second kappa shape index (κ2) is 6.72. The summed E-state index contributed by atoms with van der Waals surface area (Å²) in [5.74, 6) is 1.29. The zero-order valence-corrected chi connectivity index (χ0v) is 14.9. The summed E-state index contributed by atoms with van der Waals surface area (Å²) in [6, 6.07) is 0. The van der Waals surface area contributed by atoms with E-state index in [9.17, 15) is 9.90 Å². The maximum atomic E-state index is 12.4. The summed E-state index contributed by atoms with van der Waals surface area (Å²) in [5.41, 5.74) is -0.0471. The molecule has 7 atom stereocenters. The molecule has 0 radical (unpaired) electrons. The number of unbranched alkanes of at least 4 members (excludes halogenated alkanes) is 1. The summed E-state index contributed by atoms with van der Waals surface area (Å²) in [6.07, 6.45) is 6.07. The average Bonchev–Trinajstić information content (AvgIpc) is 2.91. The number of ether oxygens (including phenoxy) is 1. The van der Waals surface area contributed by atoms with Gasteiger partial charge in [-0.25, -0.2) is 0 Å². The predicted molar refractivity (Wildman–Crippen MR) is 89.9 cm³/mol. The second-order valence-electron chi connectivity index (χ2n) is 8.43. The quantitative estimate of drug-likeness (QED) is 0.603. The summed E-state index contributed by atoms with van der Waals surface area (Å²) < 4.78 is 5.77. The van der Waals surface area contributed by atoms with Gasteiger partial charge in [-0.3, -0.25) is 4.79 Å². The number of esters is 1. The van der Waals surface area contributed by atoms with E-state index >= 15 is 0 Å². The van der Waals surface area contributed by atoms with Gasteiger partial charge in [-0.05, 0) is 55.9 Å². The topological polar surface area (TPSA) is 58.6 Å². The molecule has 0 spiro atoms. The lowest BCUT2D eigenvalue weighted by atomic mass is 9.68. The van der Waals surface area contributed by atoms with Crippen molar-refractivity contribution in [2.24, 2.45) is 29.1 Å². The number of hydrogen-bond acceptors (Lipinski definition) is 4. The number of carbonyl (C=O) groups excluding carboxylic acids is 1. The van der Waals surface area contributed by atoms with Crippen molar-refractivity contribution in [1.29, 1.82) is 0 Å². The fraction of sp³-hybridized carbons (Fsp3) is 0.947. The number of aliphatic hydroxyl groups excluding tert-OH is 1. The Morgan fingerprint density at radius 2 is 2.17 bits per heavy atom. The average molecular weight is 323 g/mol. The largest absolute Gasteiger partial charge is 0.462 e. The van der Waals surface area contributed by atoms with Crippen LogP contribution >= 0.6 is 0 Å². The number of carbonyl (C=O) groups is 1. The third kappa shape index (κ3) is 3.05. The van der Waals surface area contributed by atoms with Crippen LogP contribution in [0.5, 0.6) is 0 Å². The van der Waals surface area contributed by atoms with Crippen molar-refractivity contribution in [2.75, 3.05) is 13.1 Å². The lowest BCUT2D eigenvalue weighted by molar-refractivity contribution is -0.144. The van der Waals surface area contributed by atoms with E-state index in [1.165, 1.54) is 0 Å². The van der Waals surface area contributed by atoms with Gasteiger partial charge >= 0.3 is 5.97 Å². The Morgan fingerprint density at radius 1 is 1.39 bits per heavy atom. The molecule has 3 fully saturated rings. The Bertz CT molecular complexity index is 440. The SMILES string of the molecule is CCCCNC[C@@H]1C(=O)O[C@H]2C[C@@H](C)[C@@H]3CC[C@H](O)[C@@]3(C)C[C@@H]21. The van der Waals surface area contributed by atoms with Gasteiger partial charge in [0, 0.05) is 12.5 Å². The van der Waals surface area contributed by atoms with Crippen molar-refractivity contribution in [2.45, 2.75) is 71.5 Å². The molecule has 1 aliphatic heterocycles. The van der Waals surface area contributed by atoms with E-state index in [1.807, 2.05) is 0 Å². The molecule has 0 aromatic rings. The first-order chi connectivity index (χ1) is 11.0. The van der Waals surface area contributed by atoms with Crippen LogP contribution in [0, 0.1) is 29.1 Å². The minimum Gasteiger partial charge on any atom is -0.462 e. The lowest BCUT2D eigenvalue weighted by Crippen LogP contribution is -2.38. The van der Waals surface area contributed by atoms with E-state index in [0.29, 0.717) is 11.8 Å². The molecule has 3 aliphatic rings. The molecule has 2 aliphatic carbocycles. The number of hydrogen-bond donors (Lipinski definition) is 2. The van der Waals surface area contributed by atoms with Crippen molar-refractivity contribution < 1.29 is 14.6 Å². The highest BCUT2D eigenvalue weighted by Crippen LogP contribution is 2.57. The summed E-state index contributed by atoms with van der Waals surface area (Å²) in [5, 5.41) is 14.0. The first-order valence-corrected chi connectivity index (χ1v) is 9.56. The Morgan fingerprint density at radius 3 is 2.91 bits per heavy atom. The van der Waals surface area contributed by atoms with Crippen LogP contribution in [0.4, 0.5) is 0 Å². The Kier molecular flexibility index (Phi) is 5.03. The van der Waals surface area contributed by atoms with Gasteiger partial charge in [0.15, 0.2) is 0 Å². The number of fused-ring (bicyclic) bond motifs is 2. The number of nitrogens with one attached hydrogen (secondary N) is 1. The van der Waals surface area contributed by atoms with E-state index in [1.54, 1.807) is 0 Å². The van der Waals surface area contributed by atoms with Crippen molar-refractivity contribution in [3.63, 3.8) is 0 Å². The molecule has 0 amide bonds. The summed E-state index contributed by atoms with van der Waals surface area (Å²) >= 11 is 0. The molecule has 1 saturated heterocycles. The van der Waals surface area contributed by atoms with Gasteiger partial charge in [-0.2, -0.15) is 0 Å². The number of aliphatic hydroxyl groups is 1. The molecular weight excluding hydrogens is 290 g/mol. The van der Waals surface area contributed by atoms with Gasteiger partial charge in [0.2, 0.25) is 0 Å². The van der Waals surface area contributed by atoms with Crippen LogP contribution < -0.4 is 5.32 Å². The zero-order chi connectivity index (χ0) is 16.6. The third-order valence-electron chi connectivity index (χ3n) is 6.96. The van der Waals surface area contributed by atoms with E-state index in [4.69, 9.17) is 4.74 Å². The summed E-state index contributed by atoms with van der Waals surface area (Å²) in [7, 11) is 0. The number of rotatable bonds is 5. The monoisotopic (exact) mass is 323 g/mol. The summed E-state index contributed by atoms with van der Waals surface area (Å²) in [6.45, 7) is 8.40. The fourth-order valence-electron chi connectivity index (χ4n) is 5.55. The van der Waals surface area contributed by atoms with Crippen LogP contribution in [0.2, 0.25) is 0 Å². The van der Waals surface area contributed by atoms with Gasteiger partial charge in [0.1, 0.15) is 6.10 Å². The third-order valence-corrected chi connectivity index (χ3v) is 6.96. The highest BCUT2D eigenvalue weighted by molar-refractivity contribution is 5.75. The highest BCUT2D eigenvalue weighted by Gasteiger charge is 2.57. The maximum Gasteiger partial charge on any atom is 0.310 e. The van der Waals surface area contributed by atoms with Crippen LogP contribution in [-0.4, -0.2) is 36.4 Å². The molecule has 2 N–H and O–H groups in total. The highest BCUT2D eigenvalue weighted by atomic mass is 16.6. The standard InChI is InChI=1S/C19H33NO3/c1-4-5-8-20-11-14-13-10-19(3)15(6-7-17(19)21)12(2)9-16(13)23-18(14)22/h12-17,20-21H,4-11H2,1-3H3/t12-,13-,14+,15+,16+,17+,19+/m1/s1. The first kappa shape index (κ1) is 17.2. The Balaban J connectivity index is 1.74. The van der Waals surface area contributed by atoms with E-state index in [-0.39, 0.29) is 35.4 Å². The van der Waals surface area contributed by atoms with Crippen LogP contribution in [-0.2, 0) is 9.53 Å². The molecule has 2 saturated carbocycles. The van der Waals surface area contributed by atoms with Gasteiger partial charge in [-0.15, -0.1) is 0 Å². The van der Waals surface area contributed by atoms with Crippen molar-refractivity contribution in [1.82, 2.24) is 5.32 Å². The molecule has 132 valence electrons. The lowest BCUT2D eigenvalue weighted by Gasteiger charge is -2.37. The van der Waals surface area contributed by atoms with Gasteiger partial charge in [0.05, 0.1) is 12.0 Å². The zero-order valence-electron chi connectivity index (χ0n) is 14.9. The second-order valence-corrected chi connectivity index (χ2v) is 8.43. The molecule has 0 bridgehead atoms. The molecular formula is C19H33NO3. The molecule has 0 aromatic carbocycles. The van der Waals surface area contributed by atoms with Crippen LogP contribution in [0.15, 0.2) is 0 Å². The van der Waals surface area contributed by atoms with Crippen LogP contribution in [0.3, 0.4) is 0 Å². The molecule has 0 unspecified atom stereocenters. The minimum atomic E-state index is -0.224.